The molecule has 0 aromatic heterocycles. The van der Waals surface area contributed by atoms with Gasteiger partial charge in [0.2, 0.25) is 5.91 Å². The van der Waals surface area contributed by atoms with Gasteiger partial charge in [0, 0.05) is 17.6 Å². The van der Waals surface area contributed by atoms with Crippen LogP contribution in [0.3, 0.4) is 0 Å². The van der Waals surface area contributed by atoms with E-state index in [0.717, 1.165) is 35.1 Å². The van der Waals surface area contributed by atoms with E-state index in [2.05, 4.69) is 15.9 Å². The second-order valence-corrected chi connectivity index (χ2v) is 6.96. The first kappa shape index (κ1) is 14.6. The Kier molecular flexibility index (Phi) is 3.78. The van der Waals surface area contributed by atoms with Crippen LogP contribution in [0.4, 0.5) is 0 Å². The number of hydrogen-bond donors (Lipinski definition) is 1. The summed E-state index contributed by atoms with van der Waals surface area (Å²) in [5, 5.41) is 8.93. The van der Waals surface area contributed by atoms with Crippen LogP contribution in [-0.4, -0.2) is 35.0 Å². The molecule has 1 heterocycles. The zero-order chi connectivity index (χ0) is 15.1. The predicted molar refractivity (Wildman–Crippen MR) is 81.9 cm³/mol. The first-order valence-corrected chi connectivity index (χ1v) is 8.01. The van der Waals surface area contributed by atoms with Gasteiger partial charge in [0.25, 0.3) is 0 Å². The number of benzene rings is 1. The van der Waals surface area contributed by atoms with Crippen LogP contribution in [0.5, 0.6) is 0 Å². The van der Waals surface area contributed by atoms with E-state index in [1.165, 1.54) is 0 Å². The van der Waals surface area contributed by atoms with Crippen LogP contribution in [0, 0.1) is 24.7 Å². The van der Waals surface area contributed by atoms with Crippen LogP contribution in [-0.2, 0) is 16.0 Å². The molecule has 1 aromatic rings. The lowest BCUT2D eigenvalue weighted by atomic mass is 9.92. The minimum atomic E-state index is -0.686. The van der Waals surface area contributed by atoms with Crippen molar-refractivity contribution in [2.45, 2.75) is 19.8 Å². The van der Waals surface area contributed by atoms with Gasteiger partial charge in [-0.25, -0.2) is 0 Å². The smallest absolute Gasteiger partial charge is 0.306 e. The molecule has 1 amide bonds. The molecule has 2 fully saturated rings. The lowest BCUT2D eigenvalue weighted by Crippen LogP contribution is -2.51. The standard InChI is InChI=1S/C16H18BrNO3/c1-9-10(3-2-4-14(9)17)5-15(19)18-7-11(8-18)12-6-13(12)16(20)21/h2-4,11-13H,5-8H2,1H3,(H,20,21)/t12-,13+/m0/s1. The molecule has 0 unspecified atom stereocenters. The quantitative estimate of drug-likeness (QED) is 0.906. The Balaban J connectivity index is 1.52. The van der Waals surface area contributed by atoms with Crippen molar-refractivity contribution in [2.75, 3.05) is 13.1 Å². The molecule has 21 heavy (non-hydrogen) atoms. The topological polar surface area (TPSA) is 57.6 Å². The first-order chi connectivity index (χ1) is 9.97. The lowest BCUT2D eigenvalue weighted by Gasteiger charge is -2.40. The van der Waals surface area contributed by atoms with Crippen molar-refractivity contribution in [2.24, 2.45) is 17.8 Å². The second kappa shape index (κ2) is 5.44. The van der Waals surface area contributed by atoms with Crippen molar-refractivity contribution in [1.82, 2.24) is 4.90 Å². The summed E-state index contributed by atoms with van der Waals surface area (Å²) in [6, 6.07) is 5.90. The van der Waals surface area contributed by atoms with Crippen molar-refractivity contribution < 1.29 is 14.7 Å². The van der Waals surface area contributed by atoms with Gasteiger partial charge < -0.3 is 10.0 Å². The number of aliphatic carboxylic acids is 1. The summed E-state index contributed by atoms with van der Waals surface area (Å²) in [6.07, 6.45) is 1.21. The van der Waals surface area contributed by atoms with Crippen LogP contribution >= 0.6 is 15.9 Å². The highest BCUT2D eigenvalue weighted by Gasteiger charge is 2.51. The summed E-state index contributed by atoms with van der Waals surface area (Å²) in [7, 11) is 0. The van der Waals surface area contributed by atoms with Crippen molar-refractivity contribution >= 4 is 27.8 Å². The average molecular weight is 352 g/mol. The summed E-state index contributed by atoms with van der Waals surface area (Å²) in [6.45, 7) is 3.45. The predicted octanol–water partition coefficient (Wildman–Crippen LogP) is 2.48. The van der Waals surface area contributed by atoms with Crippen LogP contribution in [0.15, 0.2) is 22.7 Å². The van der Waals surface area contributed by atoms with E-state index in [1.807, 2.05) is 30.0 Å². The number of carbonyl (C=O) groups excluding carboxylic acids is 1. The largest absolute Gasteiger partial charge is 0.481 e. The number of likely N-dealkylation sites (tertiary alicyclic amines) is 1. The number of carboxylic acid groups (broad SMARTS) is 1. The Morgan fingerprint density at radius 3 is 2.71 bits per heavy atom. The molecule has 1 N–H and O–H groups in total. The maximum atomic E-state index is 12.3. The molecule has 1 aliphatic carbocycles. The Morgan fingerprint density at radius 1 is 1.38 bits per heavy atom. The van der Waals surface area contributed by atoms with Gasteiger partial charge in [0.1, 0.15) is 0 Å². The van der Waals surface area contributed by atoms with Crippen LogP contribution < -0.4 is 0 Å². The number of amides is 1. The van der Waals surface area contributed by atoms with Crippen LogP contribution in [0.2, 0.25) is 0 Å². The van der Waals surface area contributed by atoms with Gasteiger partial charge in [-0.05, 0) is 42.4 Å². The molecule has 0 bridgehead atoms. The van der Waals surface area contributed by atoms with E-state index < -0.39 is 5.97 Å². The second-order valence-electron chi connectivity index (χ2n) is 6.10. The van der Waals surface area contributed by atoms with Gasteiger partial charge in [-0.2, -0.15) is 0 Å². The summed E-state index contributed by atoms with van der Waals surface area (Å²) in [5.41, 5.74) is 2.16. The van der Waals surface area contributed by atoms with E-state index in [-0.39, 0.29) is 11.8 Å². The highest BCUT2D eigenvalue weighted by atomic mass is 79.9. The molecule has 112 valence electrons. The number of carbonyl (C=O) groups is 2. The van der Waals surface area contributed by atoms with E-state index >= 15 is 0 Å². The zero-order valence-electron chi connectivity index (χ0n) is 11.9. The number of nitrogens with zero attached hydrogens (tertiary/aromatic N) is 1. The summed E-state index contributed by atoms with van der Waals surface area (Å²) >= 11 is 3.48. The van der Waals surface area contributed by atoms with E-state index in [4.69, 9.17) is 5.11 Å². The van der Waals surface area contributed by atoms with Gasteiger partial charge >= 0.3 is 5.97 Å². The molecule has 1 saturated heterocycles. The van der Waals surface area contributed by atoms with Gasteiger partial charge in [0.05, 0.1) is 12.3 Å². The van der Waals surface area contributed by atoms with Crippen molar-refractivity contribution in [3.63, 3.8) is 0 Å². The SMILES string of the molecule is Cc1c(Br)cccc1CC(=O)N1CC([C@@H]2C[C@H]2C(=O)O)C1. The molecule has 4 nitrogen and oxygen atoms in total. The fourth-order valence-electron chi connectivity index (χ4n) is 3.13. The number of hydrogen-bond acceptors (Lipinski definition) is 2. The molecule has 0 radical (unpaired) electrons. The van der Waals surface area contributed by atoms with E-state index in [0.29, 0.717) is 18.3 Å². The average Bonchev–Trinajstić information content (AvgIpc) is 3.13. The molecule has 1 aromatic carbocycles. The molecule has 5 heteroatoms. The fraction of sp³-hybridized carbons (Fsp3) is 0.500. The third-order valence-electron chi connectivity index (χ3n) is 4.75. The fourth-order valence-corrected chi connectivity index (χ4v) is 3.53. The Hall–Kier alpha value is -1.36. The highest BCUT2D eigenvalue weighted by Crippen LogP contribution is 2.47. The molecule has 2 atom stereocenters. The van der Waals surface area contributed by atoms with Crippen LogP contribution in [0.25, 0.3) is 0 Å². The molecule has 0 spiro atoms. The summed E-state index contributed by atoms with van der Waals surface area (Å²) in [4.78, 5) is 25.0. The molecule has 1 saturated carbocycles. The van der Waals surface area contributed by atoms with Gasteiger partial charge in [0.15, 0.2) is 0 Å². The maximum Gasteiger partial charge on any atom is 0.306 e. The molecular formula is C16H18BrNO3. The summed E-state index contributed by atoms with van der Waals surface area (Å²) in [5.74, 6) is -0.0353. The minimum Gasteiger partial charge on any atom is -0.481 e. The van der Waals surface area contributed by atoms with E-state index in [1.54, 1.807) is 0 Å². The number of rotatable bonds is 4. The van der Waals surface area contributed by atoms with Crippen molar-refractivity contribution in [3.8, 4) is 0 Å². The normalized spacial score (nSPS) is 24.6. The monoisotopic (exact) mass is 351 g/mol. The number of carboxylic acids is 1. The third kappa shape index (κ3) is 2.84. The zero-order valence-corrected chi connectivity index (χ0v) is 13.5. The van der Waals surface area contributed by atoms with Gasteiger partial charge in [-0.3, -0.25) is 9.59 Å². The maximum absolute atomic E-state index is 12.3. The first-order valence-electron chi connectivity index (χ1n) is 7.22. The lowest BCUT2D eigenvalue weighted by molar-refractivity contribution is -0.140. The summed E-state index contributed by atoms with van der Waals surface area (Å²) < 4.78 is 1.02. The molecule has 2 aliphatic rings. The van der Waals surface area contributed by atoms with Crippen molar-refractivity contribution in [1.29, 1.82) is 0 Å². The van der Waals surface area contributed by atoms with Crippen LogP contribution in [0.1, 0.15) is 17.5 Å². The minimum absolute atomic E-state index is 0.139. The van der Waals surface area contributed by atoms with Gasteiger partial charge in [-0.1, -0.05) is 28.1 Å². The molecule has 1 aliphatic heterocycles. The molecule has 3 rings (SSSR count). The van der Waals surface area contributed by atoms with Crippen molar-refractivity contribution in [3.05, 3.63) is 33.8 Å². The van der Waals surface area contributed by atoms with E-state index in [9.17, 15) is 9.59 Å². The highest BCUT2D eigenvalue weighted by molar-refractivity contribution is 9.10. The molecular weight excluding hydrogens is 334 g/mol. The Bertz CT molecular complexity index is 595. The Labute approximate surface area is 132 Å². The third-order valence-corrected chi connectivity index (χ3v) is 5.61. The number of halogens is 1. The Morgan fingerprint density at radius 2 is 2.10 bits per heavy atom. The van der Waals surface area contributed by atoms with Gasteiger partial charge in [-0.15, -0.1) is 0 Å².